The quantitative estimate of drug-likeness (QED) is 0.717. The maximum absolute atomic E-state index is 12.9. The fourth-order valence-electron chi connectivity index (χ4n) is 2.48. The number of para-hydroxylation sites is 1. The zero-order valence-corrected chi connectivity index (χ0v) is 12.3. The van der Waals surface area contributed by atoms with Gasteiger partial charge in [-0.05, 0) is 18.2 Å². The highest BCUT2D eigenvalue weighted by atomic mass is 19.4. The first kappa shape index (κ1) is 16.4. The Morgan fingerprint density at radius 1 is 1.16 bits per heavy atom. The van der Waals surface area contributed by atoms with Crippen LogP contribution >= 0.6 is 0 Å². The predicted octanol–water partition coefficient (Wildman–Crippen LogP) is 4.39. The first-order valence-corrected chi connectivity index (χ1v) is 6.83. The van der Waals surface area contributed by atoms with Crippen molar-refractivity contribution < 1.29 is 32.6 Å². The number of nitrogens with zero attached hydrogens (tertiary/aromatic N) is 1. The van der Waals surface area contributed by atoms with Crippen molar-refractivity contribution in [2.45, 2.75) is 6.18 Å². The first-order chi connectivity index (χ1) is 11.7. The van der Waals surface area contributed by atoms with E-state index in [-0.39, 0.29) is 27.7 Å². The molecule has 0 unspecified atom stereocenters. The molecule has 126 valence electrons. The van der Waals surface area contributed by atoms with E-state index in [1.807, 2.05) is 0 Å². The number of aromatic carboxylic acids is 1. The van der Waals surface area contributed by atoms with Gasteiger partial charge in [-0.15, -0.1) is 0 Å². The van der Waals surface area contributed by atoms with Crippen LogP contribution < -0.4 is 0 Å². The summed E-state index contributed by atoms with van der Waals surface area (Å²) in [6.07, 6.45) is -4.70. The number of hydrogen-bond acceptors (Lipinski definition) is 4. The van der Waals surface area contributed by atoms with Crippen LogP contribution in [0.25, 0.3) is 22.1 Å². The number of furan rings is 1. The number of phenols is 1. The number of alkyl halides is 3. The van der Waals surface area contributed by atoms with E-state index in [0.717, 1.165) is 12.1 Å². The Morgan fingerprint density at radius 3 is 2.48 bits per heavy atom. The Bertz CT molecular complexity index is 1040. The Hall–Kier alpha value is -3.47. The van der Waals surface area contributed by atoms with Crippen molar-refractivity contribution in [1.82, 2.24) is 0 Å². The highest BCUT2D eigenvalue weighted by Gasteiger charge is 2.35. The van der Waals surface area contributed by atoms with Crippen LogP contribution in [0.2, 0.25) is 0 Å². The van der Waals surface area contributed by atoms with Crippen molar-refractivity contribution in [1.29, 1.82) is 5.26 Å². The largest absolute Gasteiger partial charge is 0.506 e. The number of carbonyl (C=O) groups is 1. The fraction of sp³-hybridized carbons (Fsp3) is 0.0588. The third-order valence-corrected chi connectivity index (χ3v) is 3.58. The van der Waals surface area contributed by atoms with Crippen LogP contribution in [-0.4, -0.2) is 16.2 Å². The Kier molecular flexibility index (Phi) is 3.64. The molecule has 25 heavy (non-hydrogen) atoms. The fourth-order valence-corrected chi connectivity index (χ4v) is 2.48. The van der Waals surface area contributed by atoms with Crippen LogP contribution in [0.4, 0.5) is 13.2 Å². The molecule has 2 N–H and O–H groups in total. The highest BCUT2D eigenvalue weighted by molar-refractivity contribution is 5.99. The number of nitriles is 1. The summed E-state index contributed by atoms with van der Waals surface area (Å²) in [4.78, 5) is 11.2. The van der Waals surface area contributed by atoms with E-state index in [1.54, 1.807) is 6.07 Å². The normalized spacial score (nSPS) is 11.4. The number of halogens is 3. The van der Waals surface area contributed by atoms with Crippen molar-refractivity contribution in [3.63, 3.8) is 0 Å². The summed E-state index contributed by atoms with van der Waals surface area (Å²) in [5, 5.41) is 28.5. The second kappa shape index (κ2) is 5.56. The third kappa shape index (κ3) is 2.76. The minimum Gasteiger partial charge on any atom is -0.506 e. The molecule has 0 atom stereocenters. The van der Waals surface area contributed by atoms with Crippen molar-refractivity contribution in [2.75, 3.05) is 0 Å². The highest BCUT2D eigenvalue weighted by Crippen LogP contribution is 2.41. The van der Waals surface area contributed by atoms with E-state index in [4.69, 9.17) is 14.8 Å². The monoisotopic (exact) mass is 347 g/mol. The summed E-state index contributed by atoms with van der Waals surface area (Å²) in [6.45, 7) is 0. The van der Waals surface area contributed by atoms with Gasteiger partial charge in [0.25, 0.3) is 0 Å². The Balaban J connectivity index is 2.34. The van der Waals surface area contributed by atoms with Crippen LogP contribution in [0.15, 0.2) is 40.8 Å². The summed E-state index contributed by atoms with van der Waals surface area (Å²) < 4.78 is 43.5. The lowest BCUT2D eigenvalue weighted by Gasteiger charge is -2.09. The molecule has 0 bridgehead atoms. The zero-order valence-electron chi connectivity index (χ0n) is 12.3. The number of benzene rings is 2. The summed E-state index contributed by atoms with van der Waals surface area (Å²) in [6, 6.07) is 8.92. The van der Waals surface area contributed by atoms with Gasteiger partial charge in [-0.1, -0.05) is 18.2 Å². The molecule has 3 aromatic rings. The van der Waals surface area contributed by atoms with Crippen LogP contribution in [0, 0.1) is 11.3 Å². The van der Waals surface area contributed by atoms with Crippen LogP contribution in [0.3, 0.4) is 0 Å². The topological polar surface area (TPSA) is 94.5 Å². The van der Waals surface area contributed by atoms with Gasteiger partial charge < -0.3 is 14.6 Å². The molecule has 0 amide bonds. The summed E-state index contributed by atoms with van der Waals surface area (Å²) in [7, 11) is 0. The standard InChI is InChI=1S/C17H8F3NO4/c18-17(19,20)13-6-9-2-1-3-10(15(9)25-13)11-4-8(7-21)5-12(14(11)22)16(23)24/h1-6,22H,(H,23,24). The number of carboxylic acid groups (broad SMARTS) is 1. The summed E-state index contributed by atoms with van der Waals surface area (Å²) >= 11 is 0. The second-order valence-electron chi connectivity index (χ2n) is 5.17. The first-order valence-electron chi connectivity index (χ1n) is 6.83. The molecule has 1 heterocycles. The van der Waals surface area contributed by atoms with Crippen molar-refractivity contribution in [3.8, 4) is 22.9 Å². The lowest BCUT2D eigenvalue weighted by Crippen LogP contribution is -2.01. The molecule has 1 aromatic heterocycles. The smallest absolute Gasteiger partial charge is 0.449 e. The van der Waals surface area contributed by atoms with Crippen LogP contribution in [-0.2, 0) is 6.18 Å². The lowest BCUT2D eigenvalue weighted by atomic mass is 9.97. The molecule has 0 spiro atoms. The van der Waals surface area contributed by atoms with E-state index in [9.17, 15) is 23.1 Å². The number of rotatable bonds is 2. The van der Waals surface area contributed by atoms with Gasteiger partial charge in [0.1, 0.15) is 16.9 Å². The van der Waals surface area contributed by atoms with Crippen molar-refractivity contribution >= 4 is 16.9 Å². The van der Waals surface area contributed by atoms with Gasteiger partial charge in [0, 0.05) is 16.5 Å². The average Bonchev–Trinajstić information content (AvgIpc) is 2.99. The average molecular weight is 347 g/mol. The summed E-state index contributed by atoms with van der Waals surface area (Å²) in [5.41, 5.74) is -0.828. The number of fused-ring (bicyclic) bond motifs is 1. The molecule has 0 fully saturated rings. The molecule has 0 aliphatic carbocycles. The molecule has 0 aliphatic heterocycles. The molecule has 5 nitrogen and oxygen atoms in total. The van der Waals surface area contributed by atoms with E-state index in [1.165, 1.54) is 24.3 Å². The van der Waals surface area contributed by atoms with Gasteiger partial charge in [-0.2, -0.15) is 18.4 Å². The van der Waals surface area contributed by atoms with E-state index in [2.05, 4.69) is 0 Å². The maximum Gasteiger partial charge on any atom is 0.449 e. The van der Waals surface area contributed by atoms with E-state index in [0.29, 0.717) is 0 Å². The molecule has 8 heteroatoms. The number of carboxylic acids is 1. The lowest BCUT2D eigenvalue weighted by molar-refractivity contribution is -0.152. The Labute approximate surface area is 138 Å². The molecule has 0 saturated heterocycles. The van der Waals surface area contributed by atoms with E-state index < -0.39 is 29.2 Å². The third-order valence-electron chi connectivity index (χ3n) is 3.58. The van der Waals surface area contributed by atoms with Gasteiger partial charge in [-0.25, -0.2) is 4.79 Å². The predicted molar refractivity (Wildman–Crippen MR) is 80.0 cm³/mol. The molecular weight excluding hydrogens is 339 g/mol. The molecule has 0 saturated carbocycles. The van der Waals surface area contributed by atoms with Gasteiger partial charge in [0.15, 0.2) is 0 Å². The van der Waals surface area contributed by atoms with Gasteiger partial charge in [-0.3, -0.25) is 0 Å². The second-order valence-corrected chi connectivity index (χ2v) is 5.17. The van der Waals surface area contributed by atoms with Crippen LogP contribution in [0.1, 0.15) is 21.7 Å². The van der Waals surface area contributed by atoms with Crippen molar-refractivity contribution in [2.24, 2.45) is 0 Å². The van der Waals surface area contributed by atoms with Gasteiger partial charge in [0.05, 0.1) is 11.6 Å². The Morgan fingerprint density at radius 2 is 1.88 bits per heavy atom. The minimum absolute atomic E-state index is 0.0464. The summed E-state index contributed by atoms with van der Waals surface area (Å²) in [5.74, 6) is -3.35. The van der Waals surface area contributed by atoms with Crippen LogP contribution in [0.5, 0.6) is 5.75 Å². The molecule has 3 rings (SSSR count). The van der Waals surface area contributed by atoms with E-state index >= 15 is 0 Å². The molecule has 0 aliphatic rings. The molecule has 0 radical (unpaired) electrons. The number of aromatic hydroxyl groups is 1. The van der Waals surface area contributed by atoms with Crippen molar-refractivity contribution in [3.05, 3.63) is 53.3 Å². The van der Waals surface area contributed by atoms with Gasteiger partial charge >= 0.3 is 12.1 Å². The minimum atomic E-state index is -4.70. The molecular formula is C17H8F3NO4. The number of hydrogen-bond donors (Lipinski definition) is 2. The molecule has 2 aromatic carbocycles. The SMILES string of the molecule is N#Cc1cc(C(=O)O)c(O)c(-c2cccc3cc(C(F)(F)F)oc23)c1. The maximum atomic E-state index is 12.9. The van der Waals surface area contributed by atoms with Gasteiger partial charge in [0.2, 0.25) is 5.76 Å². The zero-order chi connectivity index (χ0) is 18.4.